The van der Waals surface area contributed by atoms with E-state index in [1.807, 2.05) is 17.0 Å². The Morgan fingerprint density at radius 3 is 2.70 bits per heavy atom. The largest absolute Gasteiger partial charge is 0.393 e. The van der Waals surface area contributed by atoms with Crippen molar-refractivity contribution in [1.29, 1.82) is 0 Å². The van der Waals surface area contributed by atoms with E-state index in [1.54, 1.807) is 13.0 Å². The molecule has 30 heavy (non-hydrogen) atoms. The van der Waals surface area contributed by atoms with Crippen molar-refractivity contribution >= 4 is 11.6 Å². The number of amides is 1. The van der Waals surface area contributed by atoms with Crippen LogP contribution >= 0.6 is 0 Å². The monoisotopic (exact) mass is 409 g/mol. The van der Waals surface area contributed by atoms with Crippen molar-refractivity contribution in [3.05, 3.63) is 47.7 Å². The summed E-state index contributed by atoms with van der Waals surface area (Å²) in [5.41, 5.74) is 4.53. The number of pyridine rings is 1. The zero-order valence-electron chi connectivity index (χ0n) is 17.6. The number of anilines is 1. The molecule has 1 aliphatic carbocycles. The molecule has 0 radical (unpaired) electrons. The SMILES string of the molecule is CC(=O)N1CCN(C2CCCCC2)c2ccc(-c3cccc(C(O)CO)n3)cc2C1. The van der Waals surface area contributed by atoms with E-state index in [0.29, 0.717) is 18.3 Å². The smallest absolute Gasteiger partial charge is 0.219 e. The maximum atomic E-state index is 12.2. The molecular weight excluding hydrogens is 378 g/mol. The van der Waals surface area contributed by atoms with E-state index in [2.05, 4.69) is 28.1 Å². The van der Waals surface area contributed by atoms with Gasteiger partial charge in [0.25, 0.3) is 0 Å². The molecule has 0 saturated heterocycles. The van der Waals surface area contributed by atoms with Gasteiger partial charge in [0.1, 0.15) is 6.10 Å². The minimum absolute atomic E-state index is 0.100. The number of benzene rings is 1. The molecule has 1 aromatic carbocycles. The van der Waals surface area contributed by atoms with Crippen LogP contribution in [0.25, 0.3) is 11.3 Å². The number of aromatic nitrogens is 1. The topological polar surface area (TPSA) is 76.9 Å². The van der Waals surface area contributed by atoms with E-state index in [1.165, 1.54) is 37.8 Å². The Morgan fingerprint density at radius 2 is 1.97 bits per heavy atom. The summed E-state index contributed by atoms with van der Waals surface area (Å²) in [6.07, 6.45) is 5.30. The van der Waals surface area contributed by atoms with Crippen LogP contribution in [-0.2, 0) is 11.3 Å². The second-order valence-electron chi connectivity index (χ2n) is 8.42. The van der Waals surface area contributed by atoms with Crippen LogP contribution in [0, 0.1) is 0 Å². The van der Waals surface area contributed by atoms with Crippen LogP contribution in [0.1, 0.15) is 56.4 Å². The van der Waals surface area contributed by atoms with E-state index in [-0.39, 0.29) is 12.5 Å². The van der Waals surface area contributed by atoms with Crippen molar-refractivity contribution in [1.82, 2.24) is 9.88 Å². The normalized spacial score (nSPS) is 18.6. The summed E-state index contributed by atoms with van der Waals surface area (Å²) in [5, 5.41) is 19.2. The lowest BCUT2D eigenvalue weighted by Crippen LogP contribution is -2.40. The molecular formula is C24H31N3O3. The third-order valence-electron chi connectivity index (χ3n) is 6.40. The number of hydrogen-bond acceptors (Lipinski definition) is 5. The highest BCUT2D eigenvalue weighted by Crippen LogP contribution is 2.34. The fraction of sp³-hybridized carbons (Fsp3) is 0.500. The lowest BCUT2D eigenvalue weighted by atomic mass is 9.93. The molecule has 1 saturated carbocycles. The number of carbonyl (C=O) groups is 1. The highest BCUT2D eigenvalue weighted by molar-refractivity contribution is 5.75. The molecule has 6 nitrogen and oxygen atoms in total. The average Bonchev–Trinajstić information content (AvgIpc) is 2.98. The maximum absolute atomic E-state index is 12.2. The van der Waals surface area contributed by atoms with Crippen LogP contribution < -0.4 is 4.90 Å². The fourth-order valence-electron chi connectivity index (χ4n) is 4.72. The quantitative estimate of drug-likeness (QED) is 0.810. The van der Waals surface area contributed by atoms with Crippen molar-refractivity contribution < 1.29 is 15.0 Å². The van der Waals surface area contributed by atoms with Gasteiger partial charge in [-0.1, -0.05) is 31.4 Å². The second-order valence-corrected chi connectivity index (χ2v) is 8.42. The van der Waals surface area contributed by atoms with Gasteiger partial charge in [0, 0.05) is 43.9 Å². The van der Waals surface area contributed by atoms with Crippen LogP contribution in [0.15, 0.2) is 36.4 Å². The van der Waals surface area contributed by atoms with E-state index in [0.717, 1.165) is 29.9 Å². The Balaban J connectivity index is 1.71. The van der Waals surface area contributed by atoms with Gasteiger partial charge in [-0.25, -0.2) is 4.98 Å². The summed E-state index contributed by atoms with van der Waals surface area (Å²) < 4.78 is 0. The van der Waals surface area contributed by atoms with Crippen LogP contribution in [0.5, 0.6) is 0 Å². The van der Waals surface area contributed by atoms with Crippen LogP contribution in [0.3, 0.4) is 0 Å². The molecule has 2 aliphatic rings. The highest BCUT2D eigenvalue weighted by Gasteiger charge is 2.27. The minimum atomic E-state index is -0.985. The molecule has 0 spiro atoms. The third-order valence-corrected chi connectivity index (χ3v) is 6.40. The Bertz CT molecular complexity index is 895. The number of aliphatic hydroxyl groups excluding tert-OH is 2. The van der Waals surface area contributed by atoms with E-state index in [9.17, 15) is 15.0 Å². The summed E-state index contributed by atoms with van der Waals surface area (Å²) >= 11 is 0. The van der Waals surface area contributed by atoms with Crippen molar-refractivity contribution in [3.63, 3.8) is 0 Å². The van der Waals surface area contributed by atoms with Crippen LogP contribution in [0.4, 0.5) is 5.69 Å². The number of aliphatic hydroxyl groups is 2. The predicted octanol–water partition coefficient (Wildman–Crippen LogP) is 3.28. The molecule has 0 bridgehead atoms. The summed E-state index contributed by atoms with van der Waals surface area (Å²) in [6.45, 7) is 3.49. The van der Waals surface area contributed by atoms with Gasteiger partial charge in [0.05, 0.1) is 18.0 Å². The van der Waals surface area contributed by atoms with Gasteiger partial charge in [-0.15, -0.1) is 0 Å². The van der Waals surface area contributed by atoms with Crippen molar-refractivity contribution in [3.8, 4) is 11.3 Å². The number of carbonyl (C=O) groups excluding carboxylic acids is 1. The van der Waals surface area contributed by atoms with E-state index < -0.39 is 6.10 Å². The Hall–Kier alpha value is -2.44. The maximum Gasteiger partial charge on any atom is 0.219 e. The van der Waals surface area contributed by atoms with Gasteiger partial charge in [-0.2, -0.15) is 0 Å². The molecule has 2 heterocycles. The third kappa shape index (κ3) is 4.35. The van der Waals surface area contributed by atoms with Crippen molar-refractivity contribution in [2.75, 3.05) is 24.6 Å². The highest BCUT2D eigenvalue weighted by atomic mass is 16.3. The van der Waals surface area contributed by atoms with Crippen LogP contribution in [-0.4, -0.2) is 51.7 Å². The number of fused-ring (bicyclic) bond motifs is 1. The van der Waals surface area contributed by atoms with Crippen LogP contribution in [0.2, 0.25) is 0 Å². The Morgan fingerprint density at radius 1 is 1.17 bits per heavy atom. The lowest BCUT2D eigenvalue weighted by molar-refractivity contribution is -0.129. The fourth-order valence-corrected chi connectivity index (χ4v) is 4.72. The Kier molecular flexibility index (Phi) is 6.35. The van der Waals surface area contributed by atoms with Gasteiger partial charge in [0.15, 0.2) is 0 Å². The first-order valence-electron chi connectivity index (χ1n) is 11.0. The first-order chi connectivity index (χ1) is 14.6. The molecule has 1 unspecified atom stereocenters. The van der Waals surface area contributed by atoms with Gasteiger partial charge in [-0.3, -0.25) is 4.79 Å². The molecule has 1 atom stereocenters. The summed E-state index contributed by atoms with van der Waals surface area (Å²) in [7, 11) is 0. The first kappa shape index (κ1) is 20.8. The molecule has 4 rings (SSSR count). The molecule has 6 heteroatoms. The molecule has 160 valence electrons. The second kappa shape index (κ2) is 9.14. The summed E-state index contributed by atoms with van der Waals surface area (Å²) in [5.74, 6) is 0.100. The van der Waals surface area contributed by atoms with Crippen molar-refractivity contribution in [2.24, 2.45) is 0 Å². The summed E-state index contributed by atoms with van der Waals surface area (Å²) in [4.78, 5) is 21.2. The molecule has 1 aromatic heterocycles. The average molecular weight is 410 g/mol. The van der Waals surface area contributed by atoms with E-state index >= 15 is 0 Å². The zero-order chi connectivity index (χ0) is 21.1. The van der Waals surface area contributed by atoms with Gasteiger partial charge >= 0.3 is 0 Å². The summed E-state index contributed by atoms with van der Waals surface area (Å²) in [6, 6.07) is 12.4. The minimum Gasteiger partial charge on any atom is -0.393 e. The lowest BCUT2D eigenvalue weighted by Gasteiger charge is -2.36. The molecule has 2 aromatic rings. The standard InChI is InChI=1S/C24H31N3O3/c1-17(29)26-12-13-27(20-6-3-2-4-7-20)23-11-10-18(14-19(23)15-26)21-8-5-9-22(25-21)24(30)16-28/h5,8-11,14,20,24,28,30H,2-4,6-7,12-13,15-16H2,1H3. The Labute approximate surface area is 178 Å². The number of nitrogens with zero attached hydrogens (tertiary/aromatic N) is 3. The van der Waals surface area contributed by atoms with Gasteiger partial charge in [0.2, 0.25) is 5.91 Å². The van der Waals surface area contributed by atoms with Gasteiger partial charge < -0.3 is 20.0 Å². The number of hydrogen-bond donors (Lipinski definition) is 2. The number of rotatable bonds is 4. The predicted molar refractivity (Wildman–Crippen MR) is 117 cm³/mol. The van der Waals surface area contributed by atoms with Crippen molar-refractivity contribution in [2.45, 2.75) is 57.7 Å². The molecule has 1 aliphatic heterocycles. The van der Waals surface area contributed by atoms with Gasteiger partial charge in [-0.05, 0) is 42.7 Å². The molecule has 1 fully saturated rings. The first-order valence-corrected chi connectivity index (χ1v) is 11.0. The molecule has 1 amide bonds. The van der Waals surface area contributed by atoms with E-state index in [4.69, 9.17) is 0 Å². The molecule has 2 N–H and O–H groups in total. The zero-order valence-corrected chi connectivity index (χ0v) is 17.6.